The Labute approximate surface area is 153 Å². The second-order valence-corrected chi connectivity index (χ2v) is 5.96. The van der Waals surface area contributed by atoms with Gasteiger partial charge in [0, 0.05) is 12.4 Å². The van der Waals surface area contributed by atoms with Crippen molar-refractivity contribution >= 4 is 22.8 Å². The number of aromatic amines is 1. The molecule has 0 aliphatic carbocycles. The van der Waals surface area contributed by atoms with Gasteiger partial charge in [0.1, 0.15) is 0 Å². The van der Waals surface area contributed by atoms with Crippen LogP contribution in [0, 0.1) is 6.92 Å². The van der Waals surface area contributed by atoms with Crippen LogP contribution in [0.3, 0.4) is 0 Å². The van der Waals surface area contributed by atoms with Crippen molar-refractivity contribution < 1.29 is 27.8 Å². The van der Waals surface area contributed by atoms with Gasteiger partial charge in [0.25, 0.3) is 5.56 Å². The number of rotatable bonds is 2. The molecule has 0 saturated carbocycles. The van der Waals surface area contributed by atoms with Crippen LogP contribution in [0.2, 0.25) is 0 Å². The molecule has 0 fully saturated rings. The third-order valence-corrected chi connectivity index (χ3v) is 4.24. The lowest BCUT2D eigenvalue weighted by Gasteiger charge is -2.16. The Morgan fingerprint density at radius 3 is 2.54 bits per heavy atom. The summed E-state index contributed by atoms with van der Waals surface area (Å²) in [4.78, 5) is 29.3. The Balaban J connectivity index is 2.14. The van der Waals surface area contributed by atoms with Gasteiger partial charge in [-0.3, -0.25) is 9.20 Å². The summed E-state index contributed by atoms with van der Waals surface area (Å²) in [5.41, 5.74) is -1.79. The van der Waals surface area contributed by atoms with Crippen LogP contribution in [-0.2, 0) is 6.18 Å². The molecule has 0 spiro atoms. The van der Waals surface area contributed by atoms with Crippen LogP contribution in [0.4, 0.5) is 18.0 Å². The number of nitrogens with one attached hydrogen (secondary N) is 1. The number of fused-ring (bicyclic) bond motifs is 3. The molecule has 4 aromatic rings. The summed E-state index contributed by atoms with van der Waals surface area (Å²) in [6.45, 7) is 1.45. The van der Waals surface area contributed by atoms with Crippen LogP contribution in [0.1, 0.15) is 11.3 Å². The molecule has 0 saturated heterocycles. The molecule has 1 aromatic carbocycles. The standard InChI is InChI=1S/C17H11F3N4O4/c1-8-15(28-16(26)27)22-13-14(25)21-10-6-9(17(18,19)20)11(7-12(10)24(8)13)23-4-2-3-5-23/h2-7H,1H3,(H,21,25)(H,26,27). The van der Waals surface area contributed by atoms with E-state index in [1.165, 1.54) is 34.4 Å². The fourth-order valence-electron chi connectivity index (χ4n) is 3.08. The molecular formula is C17H11F3N4O4. The molecule has 0 atom stereocenters. The van der Waals surface area contributed by atoms with Gasteiger partial charge in [0.15, 0.2) is 0 Å². The van der Waals surface area contributed by atoms with Crippen molar-refractivity contribution in [2.75, 3.05) is 0 Å². The zero-order chi connectivity index (χ0) is 20.2. The lowest BCUT2D eigenvalue weighted by atomic mass is 10.1. The highest BCUT2D eigenvalue weighted by atomic mass is 19.4. The molecule has 0 aliphatic rings. The number of aryl methyl sites for hydroxylation is 1. The van der Waals surface area contributed by atoms with Crippen LogP contribution in [0.25, 0.3) is 22.4 Å². The Hall–Kier alpha value is -3.76. The van der Waals surface area contributed by atoms with E-state index in [-0.39, 0.29) is 33.9 Å². The largest absolute Gasteiger partial charge is 0.512 e. The summed E-state index contributed by atoms with van der Waals surface area (Å²) in [5.74, 6) is -0.326. The SMILES string of the molecule is Cc1c(OC(=O)O)nc2c(=O)[nH]c3cc(C(F)(F)F)c(-n4cccc4)cc3n12. The van der Waals surface area contributed by atoms with Crippen molar-refractivity contribution in [1.29, 1.82) is 0 Å². The first kappa shape index (κ1) is 17.6. The zero-order valence-corrected chi connectivity index (χ0v) is 14.1. The van der Waals surface area contributed by atoms with Gasteiger partial charge in [-0.1, -0.05) is 0 Å². The van der Waals surface area contributed by atoms with Gasteiger partial charge in [0.2, 0.25) is 11.5 Å². The number of carboxylic acid groups (broad SMARTS) is 1. The Bertz CT molecular complexity index is 1290. The number of benzene rings is 1. The van der Waals surface area contributed by atoms with Crippen LogP contribution in [-0.4, -0.2) is 30.2 Å². The van der Waals surface area contributed by atoms with Gasteiger partial charge < -0.3 is 19.4 Å². The van der Waals surface area contributed by atoms with E-state index in [9.17, 15) is 22.8 Å². The van der Waals surface area contributed by atoms with Crippen LogP contribution >= 0.6 is 0 Å². The van der Waals surface area contributed by atoms with E-state index in [1.54, 1.807) is 12.1 Å². The number of hydrogen-bond acceptors (Lipinski definition) is 4. The minimum Gasteiger partial charge on any atom is -0.449 e. The average molecular weight is 392 g/mol. The molecule has 0 aliphatic heterocycles. The molecule has 0 unspecified atom stereocenters. The zero-order valence-electron chi connectivity index (χ0n) is 14.1. The van der Waals surface area contributed by atoms with Gasteiger partial charge in [0.05, 0.1) is 28.0 Å². The lowest BCUT2D eigenvalue weighted by Crippen LogP contribution is -2.15. The topological polar surface area (TPSA) is 102 Å². The van der Waals surface area contributed by atoms with E-state index in [4.69, 9.17) is 5.11 Å². The minimum absolute atomic E-state index is 0.0805. The van der Waals surface area contributed by atoms with Crippen LogP contribution < -0.4 is 10.3 Å². The molecule has 11 heteroatoms. The number of carbonyl (C=O) groups is 1. The van der Waals surface area contributed by atoms with Crippen LogP contribution in [0.5, 0.6) is 5.88 Å². The highest BCUT2D eigenvalue weighted by molar-refractivity contribution is 5.82. The second kappa shape index (κ2) is 5.87. The quantitative estimate of drug-likeness (QED) is 0.510. The number of alkyl halides is 3. The summed E-state index contributed by atoms with van der Waals surface area (Å²) in [5, 5.41) is 8.81. The van der Waals surface area contributed by atoms with Crippen LogP contribution in [0.15, 0.2) is 41.5 Å². The van der Waals surface area contributed by atoms with Crippen molar-refractivity contribution in [1.82, 2.24) is 18.9 Å². The maximum absolute atomic E-state index is 13.6. The summed E-state index contributed by atoms with van der Waals surface area (Å²) in [7, 11) is 0. The van der Waals surface area contributed by atoms with Gasteiger partial charge in [-0.25, -0.2) is 4.79 Å². The summed E-state index contributed by atoms with van der Waals surface area (Å²) >= 11 is 0. The third-order valence-electron chi connectivity index (χ3n) is 4.24. The fourth-order valence-corrected chi connectivity index (χ4v) is 3.08. The fraction of sp³-hybridized carbons (Fsp3) is 0.118. The maximum Gasteiger partial charge on any atom is 0.512 e. The molecule has 2 N–H and O–H groups in total. The molecule has 0 amide bonds. The molecule has 8 nitrogen and oxygen atoms in total. The summed E-state index contributed by atoms with van der Waals surface area (Å²) in [6, 6.07) is 5.24. The Morgan fingerprint density at radius 1 is 1.25 bits per heavy atom. The molecule has 28 heavy (non-hydrogen) atoms. The van der Waals surface area contributed by atoms with E-state index < -0.39 is 23.5 Å². The van der Waals surface area contributed by atoms with Gasteiger partial charge in [-0.2, -0.15) is 18.2 Å². The van der Waals surface area contributed by atoms with Gasteiger partial charge in [-0.15, -0.1) is 0 Å². The number of aromatic nitrogens is 4. The van der Waals surface area contributed by atoms with Gasteiger partial charge >= 0.3 is 12.3 Å². The number of halogens is 3. The smallest absolute Gasteiger partial charge is 0.449 e. The molecule has 0 bridgehead atoms. The second-order valence-electron chi connectivity index (χ2n) is 5.96. The predicted octanol–water partition coefficient (Wildman–Crippen LogP) is 3.35. The number of imidazole rings is 1. The number of H-pyrrole nitrogens is 1. The molecule has 144 valence electrons. The highest BCUT2D eigenvalue weighted by Gasteiger charge is 2.35. The summed E-state index contributed by atoms with van der Waals surface area (Å²) < 4.78 is 47.9. The lowest BCUT2D eigenvalue weighted by molar-refractivity contribution is -0.137. The highest BCUT2D eigenvalue weighted by Crippen LogP contribution is 2.36. The van der Waals surface area contributed by atoms with Crippen molar-refractivity contribution in [3.05, 3.63) is 58.3 Å². The Morgan fingerprint density at radius 2 is 1.93 bits per heavy atom. The van der Waals surface area contributed by atoms with E-state index in [1.807, 2.05) is 0 Å². The third kappa shape index (κ3) is 2.68. The minimum atomic E-state index is -4.67. The van der Waals surface area contributed by atoms with Crippen molar-refractivity contribution in [2.45, 2.75) is 13.1 Å². The molecule has 0 radical (unpaired) electrons. The van der Waals surface area contributed by atoms with Crippen molar-refractivity contribution in [2.24, 2.45) is 0 Å². The molecule has 3 heterocycles. The average Bonchev–Trinajstić information content (AvgIpc) is 3.23. The predicted molar refractivity (Wildman–Crippen MR) is 91.0 cm³/mol. The molecular weight excluding hydrogens is 381 g/mol. The van der Waals surface area contributed by atoms with E-state index in [0.717, 1.165) is 6.07 Å². The normalized spacial score (nSPS) is 12.0. The first-order valence-electron chi connectivity index (χ1n) is 7.87. The maximum atomic E-state index is 13.6. The monoisotopic (exact) mass is 392 g/mol. The van der Waals surface area contributed by atoms with E-state index >= 15 is 0 Å². The van der Waals surface area contributed by atoms with E-state index in [2.05, 4.69) is 14.7 Å². The number of nitrogens with zero attached hydrogens (tertiary/aromatic N) is 3. The van der Waals surface area contributed by atoms with Crippen molar-refractivity contribution in [3.63, 3.8) is 0 Å². The first-order valence-corrected chi connectivity index (χ1v) is 7.87. The van der Waals surface area contributed by atoms with Gasteiger partial charge in [-0.05, 0) is 31.2 Å². The number of ether oxygens (including phenoxy) is 1. The van der Waals surface area contributed by atoms with Crippen molar-refractivity contribution in [3.8, 4) is 11.6 Å². The number of hydrogen-bond donors (Lipinski definition) is 2. The first-order chi connectivity index (χ1) is 13.2. The Kier molecular flexibility index (Phi) is 3.70. The molecule has 4 rings (SSSR count). The van der Waals surface area contributed by atoms with E-state index in [0.29, 0.717) is 0 Å². The molecule has 3 aromatic heterocycles. The summed E-state index contributed by atoms with van der Waals surface area (Å²) in [6.07, 6.45) is -3.38.